The van der Waals surface area contributed by atoms with Crippen LogP contribution in [-0.4, -0.2) is 25.3 Å². The summed E-state index contributed by atoms with van der Waals surface area (Å²) >= 11 is 0. The maximum absolute atomic E-state index is 12.5. The minimum atomic E-state index is -3.19. The van der Waals surface area contributed by atoms with Crippen LogP contribution in [0.5, 0.6) is 0 Å². The highest BCUT2D eigenvalue weighted by Gasteiger charge is 2.28. The quantitative estimate of drug-likeness (QED) is 0.805. The fraction of sp³-hybridized carbons (Fsp3) is 0.529. The first-order valence-corrected chi connectivity index (χ1v) is 9.44. The molecule has 120 valence electrons. The van der Waals surface area contributed by atoms with Crippen LogP contribution in [0.2, 0.25) is 0 Å². The average molecular weight is 320 g/mol. The van der Waals surface area contributed by atoms with Crippen LogP contribution in [0.1, 0.15) is 39.2 Å². The zero-order valence-electron chi connectivity index (χ0n) is 13.8. The van der Waals surface area contributed by atoms with Crippen LogP contribution >= 0.6 is 0 Å². The first-order valence-electron chi connectivity index (χ1n) is 7.83. The molecule has 0 unspecified atom stereocenters. The lowest BCUT2D eigenvalue weighted by Crippen LogP contribution is -2.38. The van der Waals surface area contributed by atoms with Gasteiger partial charge in [0.2, 0.25) is 10.0 Å². The Morgan fingerprint density at radius 3 is 2.50 bits per heavy atom. The zero-order valence-corrected chi connectivity index (χ0v) is 14.6. The average Bonchev–Trinajstić information content (AvgIpc) is 2.80. The lowest BCUT2D eigenvalue weighted by atomic mass is 10.1. The molecule has 2 aromatic rings. The van der Waals surface area contributed by atoms with E-state index in [-0.39, 0.29) is 11.3 Å². The van der Waals surface area contributed by atoms with Crippen molar-refractivity contribution in [1.29, 1.82) is 0 Å². The van der Waals surface area contributed by atoms with Gasteiger partial charge in [-0.3, -0.25) is 4.31 Å². The van der Waals surface area contributed by atoms with Gasteiger partial charge in [-0.25, -0.2) is 8.42 Å². The van der Waals surface area contributed by atoms with Crippen LogP contribution in [0.4, 0.5) is 5.69 Å². The van der Waals surface area contributed by atoms with E-state index in [1.54, 1.807) is 4.31 Å². The van der Waals surface area contributed by atoms with E-state index in [9.17, 15) is 8.42 Å². The molecule has 1 aliphatic heterocycles. The summed E-state index contributed by atoms with van der Waals surface area (Å²) in [5.74, 6) is 0.252. The molecule has 1 saturated heterocycles. The first-order chi connectivity index (χ1) is 10.2. The Morgan fingerprint density at radius 2 is 1.86 bits per heavy atom. The van der Waals surface area contributed by atoms with E-state index < -0.39 is 10.0 Å². The molecule has 0 amide bonds. The van der Waals surface area contributed by atoms with Crippen molar-refractivity contribution in [1.82, 2.24) is 4.57 Å². The maximum Gasteiger partial charge on any atom is 0.235 e. The summed E-state index contributed by atoms with van der Waals surface area (Å²) in [6.07, 6.45) is 3.75. The van der Waals surface area contributed by atoms with E-state index in [1.807, 2.05) is 19.1 Å². The van der Waals surface area contributed by atoms with Crippen LogP contribution in [0.25, 0.3) is 10.9 Å². The van der Waals surface area contributed by atoms with Gasteiger partial charge in [0.15, 0.2) is 0 Å². The molecule has 0 atom stereocenters. The minimum Gasteiger partial charge on any atom is -0.342 e. The molecular formula is C17H24N2O2S. The Hall–Kier alpha value is -1.49. The van der Waals surface area contributed by atoms with Crippen LogP contribution in [0, 0.1) is 6.92 Å². The van der Waals surface area contributed by atoms with Gasteiger partial charge in [0.1, 0.15) is 0 Å². The van der Waals surface area contributed by atoms with Gasteiger partial charge in [0, 0.05) is 23.7 Å². The lowest BCUT2D eigenvalue weighted by Gasteiger charge is -2.29. The second-order valence-electron chi connectivity index (χ2n) is 7.17. The number of nitrogens with zero attached hydrogens (tertiary/aromatic N) is 2. The van der Waals surface area contributed by atoms with E-state index >= 15 is 0 Å². The van der Waals surface area contributed by atoms with Crippen molar-refractivity contribution >= 4 is 26.6 Å². The molecular weight excluding hydrogens is 296 g/mol. The molecule has 2 heterocycles. The molecule has 22 heavy (non-hydrogen) atoms. The molecule has 1 aromatic heterocycles. The third-order valence-electron chi connectivity index (χ3n) is 4.27. The summed E-state index contributed by atoms with van der Waals surface area (Å²) in [4.78, 5) is 0. The number of hydrogen-bond donors (Lipinski definition) is 0. The number of aromatic nitrogens is 1. The van der Waals surface area contributed by atoms with Gasteiger partial charge >= 0.3 is 0 Å². The molecule has 1 aliphatic rings. The van der Waals surface area contributed by atoms with Gasteiger partial charge in [-0.05, 0) is 64.3 Å². The second-order valence-corrected chi connectivity index (χ2v) is 9.18. The molecule has 0 aliphatic carbocycles. The monoisotopic (exact) mass is 320 g/mol. The number of fused-ring (bicyclic) bond motifs is 1. The number of benzene rings is 1. The molecule has 5 heteroatoms. The summed E-state index contributed by atoms with van der Waals surface area (Å²) in [5, 5.41) is 1.02. The van der Waals surface area contributed by atoms with Gasteiger partial charge in [-0.2, -0.15) is 0 Å². The van der Waals surface area contributed by atoms with E-state index in [2.05, 4.69) is 37.6 Å². The molecule has 0 N–H and O–H groups in total. The van der Waals surface area contributed by atoms with Crippen molar-refractivity contribution in [2.45, 2.75) is 46.1 Å². The van der Waals surface area contributed by atoms with Crippen molar-refractivity contribution in [2.75, 3.05) is 16.6 Å². The van der Waals surface area contributed by atoms with Crippen LogP contribution in [0.3, 0.4) is 0 Å². The third-order valence-corrected chi connectivity index (χ3v) is 6.13. The summed E-state index contributed by atoms with van der Waals surface area (Å²) in [7, 11) is -3.19. The van der Waals surface area contributed by atoms with Gasteiger partial charge in [-0.15, -0.1) is 0 Å². The van der Waals surface area contributed by atoms with E-state index in [0.29, 0.717) is 6.54 Å². The molecule has 3 rings (SSSR count). The molecule has 0 saturated carbocycles. The fourth-order valence-corrected chi connectivity index (χ4v) is 4.86. The van der Waals surface area contributed by atoms with Crippen LogP contribution in [0.15, 0.2) is 24.4 Å². The molecule has 1 aromatic carbocycles. The summed E-state index contributed by atoms with van der Waals surface area (Å²) in [5.41, 5.74) is 2.99. The van der Waals surface area contributed by atoms with E-state index in [0.717, 1.165) is 35.0 Å². The second kappa shape index (κ2) is 5.01. The fourth-order valence-electron chi connectivity index (χ4n) is 3.21. The molecule has 4 nitrogen and oxygen atoms in total. The summed E-state index contributed by atoms with van der Waals surface area (Å²) in [6.45, 7) is 9.09. The largest absolute Gasteiger partial charge is 0.342 e. The van der Waals surface area contributed by atoms with Gasteiger partial charge in [-0.1, -0.05) is 0 Å². The number of anilines is 1. The number of aryl methyl sites for hydroxylation is 1. The lowest BCUT2D eigenvalue weighted by molar-refractivity contribution is 0.411. The number of sulfonamides is 1. The van der Waals surface area contributed by atoms with Crippen molar-refractivity contribution in [3.05, 3.63) is 30.0 Å². The summed E-state index contributed by atoms with van der Waals surface area (Å²) < 4.78 is 28.7. The predicted octanol–water partition coefficient (Wildman–Crippen LogP) is 3.63. The predicted molar refractivity (Wildman–Crippen MR) is 92.0 cm³/mol. The highest BCUT2D eigenvalue weighted by atomic mass is 32.2. The zero-order chi connectivity index (χ0) is 16.1. The van der Waals surface area contributed by atoms with Crippen LogP contribution in [-0.2, 0) is 15.6 Å². The highest BCUT2D eigenvalue weighted by molar-refractivity contribution is 7.92. The van der Waals surface area contributed by atoms with Crippen molar-refractivity contribution in [3.63, 3.8) is 0 Å². The molecule has 0 radical (unpaired) electrons. The normalized spacial score (nSPS) is 18.8. The van der Waals surface area contributed by atoms with Gasteiger partial charge in [0.05, 0.1) is 17.0 Å². The molecule has 0 bridgehead atoms. The van der Waals surface area contributed by atoms with E-state index in [1.165, 1.54) is 0 Å². The Labute approximate surface area is 132 Å². The summed E-state index contributed by atoms with van der Waals surface area (Å²) in [6, 6.07) is 6.18. The first kappa shape index (κ1) is 15.4. The topological polar surface area (TPSA) is 42.3 Å². The SMILES string of the molecule is Cc1cc(N2CCCCS2(=O)=O)c2ccn(C(C)(C)C)c2c1. The van der Waals surface area contributed by atoms with Crippen molar-refractivity contribution in [2.24, 2.45) is 0 Å². The van der Waals surface area contributed by atoms with Gasteiger partial charge < -0.3 is 4.57 Å². The Morgan fingerprint density at radius 1 is 1.14 bits per heavy atom. The highest BCUT2D eigenvalue weighted by Crippen LogP contribution is 2.35. The van der Waals surface area contributed by atoms with Crippen LogP contribution < -0.4 is 4.31 Å². The smallest absolute Gasteiger partial charge is 0.235 e. The standard InChI is InChI=1S/C17H24N2O2S/c1-13-11-15-14(7-9-18(15)17(2,3)4)16(12-13)19-8-5-6-10-22(19,20)21/h7,9,11-12H,5-6,8,10H2,1-4H3. The van der Waals surface area contributed by atoms with E-state index in [4.69, 9.17) is 0 Å². The van der Waals surface area contributed by atoms with Crippen molar-refractivity contribution < 1.29 is 8.42 Å². The van der Waals surface area contributed by atoms with Crippen molar-refractivity contribution in [3.8, 4) is 0 Å². The molecule has 0 spiro atoms. The maximum atomic E-state index is 12.5. The number of hydrogen-bond acceptors (Lipinski definition) is 2. The Kier molecular flexibility index (Phi) is 3.51. The van der Waals surface area contributed by atoms with Gasteiger partial charge in [0.25, 0.3) is 0 Å². The third kappa shape index (κ3) is 2.51. The Bertz CT molecular complexity index is 813. The Balaban J connectivity index is 2.25. The number of rotatable bonds is 1. The minimum absolute atomic E-state index is 0.0341. The molecule has 1 fully saturated rings.